The second-order valence-corrected chi connectivity index (χ2v) is 6.78. The highest BCUT2D eigenvalue weighted by Gasteiger charge is 2.18. The van der Waals surface area contributed by atoms with Gasteiger partial charge in [0, 0.05) is 39.3 Å². The molecule has 0 amide bonds. The van der Waals surface area contributed by atoms with E-state index in [1.807, 2.05) is 12.1 Å². The average molecular weight is 373 g/mol. The standard InChI is InChI=1S/C20H24FN3OS/c1-25-19-8-4-17(5-9-19)15-23-10-12-24(13-11-23)20(26)22-14-16-2-6-18(21)7-3-16/h2-9H,10-15H2,1H3,(H,22,26). The summed E-state index contributed by atoms with van der Waals surface area (Å²) >= 11 is 5.50. The number of thiocarbonyl (C=S) groups is 1. The summed E-state index contributed by atoms with van der Waals surface area (Å²) in [6.45, 7) is 5.32. The van der Waals surface area contributed by atoms with Crippen LogP contribution in [0.3, 0.4) is 0 Å². The first-order valence-corrected chi connectivity index (χ1v) is 9.17. The zero-order chi connectivity index (χ0) is 18.4. The quantitative estimate of drug-likeness (QED) is 0.814. The predicted molar refractivity (Wildman–Crippen MR) is 106 cm³/mol. The van der Waals surface area contributed by atoms with Gasteiger partial charge in [-0.3, -0.25) is 4.90 Å². The van der Waals surface area contributed by atoms with Crippen LogP contribution in [0.5, 0.6) is 5.75 Å². The lowest BCUT2D eigenvalue weighted by molar-refractivity contribution is 0.174. The molecule has 0 aliphatic carbocycles. The lowest BCUT2D eigenvalue weighted by atomic mass is 10.2. The van der Waals surface area contributed by atoms with Gasteiger partial charge >= 0.3 is 0 Å². The van der Waals surface area contributed by atoms with Crippen molar-refractivity contribution >= 4 is 17.3 Å². The van der Waals surface area contributed by atoms with E-state index in [2.05, 4.69) is 27.2 Å². The van der Waals surface area contributed by atoms with Gasteiger partial charge in [-0.05, 0) is 47.6 Å². The molecule has 0 atom stereocenters. The van der Waals surface area contributed by atoms with E-state index in [4.69, 9.17) is 17.0 Å². The molecule has 0 radical (unpaired) electrons. The van der Waals surface area contributed by atoms with Crippen LogP contribution in [0.25, 0.3) is 0 Å². The van der Waals surface area contributed by atoms with Crippen LogP contribution in [-0.2, 0) is 13.1 Å². The molecule has 2 aromatic rings. The summed E-state index contributed by atoms with van der Waals surface area (Å²) in [7, 11) is 1.68. The minimum atomic E-state index is -0.218. The molecule has 4 nitrogen and oxygen atoms in total. The molecule has 0 spiro atoms. The Morgan fingerprint density at radius 1 is 1.00 bits per heavy atom. The van der Waals surface area contributed by atoms with Crippen molar-refractivity contribution in [2.24, 2.45) is 0 Å². The zero-order valence-corrected chi connectivity index (χ0v) is 15.8. The summed E-state index contributed by atoms with van der Waals surface area (Å²) in [6, 6.07) is 14.7. The molecule has 1 heterocycles. The number of piperazine rings is 1. The molecule has 138 valence electrons. The van der Waals surface area contributed by atoms with Crippen molar-refractivity contribution < 1.29 is 9.13 Å². The van der Waals surface area contributed by atoms with E-state index in [-0.39, 0.29) is 5.82 Å². The SMILES string of the molecule is COc1ccc(CN2CCN(C(=S)NCc3ccc(F)cc3)CC2)cc1. The first-order chi connectivity index (χ1) is 12.6. The molecule has 6 heteroatoms. The Kier molecular flexibility index (Phi) is 6.41. The van der Waals surface area contributed by atoms with Crippen LogP contribution in [0.2, 0.25) is 0 Å². The topological polar surface area (TPSA) is 27.7 Å². The van der Waals surface area contributed by atoms with Crippen LogP contribution in [0, 0.1) is 5.82 Å². The molecule has 1 saturated heterocycles. The molecular formula is C20H24FN3OS. The van der Waals surface area contributed by atoms with Gasteiger partial charge in [0.05, 0.1) is 7.11 Å². The maximum Gasteiger partial charge on any atom is 0.169 e. The monoisotopic (exact) mass is 373 g/mol. The second-order valence-electron chi connectivity index (χ2n) is 6.40. The third kappa shape index (κ3) is 5.16. The Balaban J connectivity index is 1.42. The number of halogens is 1. The minimum Gasteiger partial charge on any atom is -0.497 e. The van der Waals surface area contributed by atoms with Crippen molar-refractivity contribution in [3.05, 3.63) is 65.5 Å². The molecule has 1 aliphatic heterocycles. The maximum absolute atomic E-state index is 12.9. The summed E-state index contributed by atoms with van der Waals surface area (Å²) in [5, 5.41) is 4.03. The molecule has 0 aromatic heterocycles. The Bertz CT molecular complexity index is 713. The maximum atomic E-state index is 12.9. The lowest BCUT2D eigenvalue weighted by Gasteiger charge is -2.36. The lowest BCUT2D eigenvalue weighted by Crippen LogP contribution is -2.51. The van der Waals surface area contributed by atoms with E-state index >= 15 is 0 Å². The van der Waals surface area contributed by atoms with E-state index < -0.39 is 0 Å². The summed E-state index contributed by atoms with van der Waals surface area (Å²) < 4.78 is 18.1. The fraction of sp³-hybridized carbons (Fsp3) is 0.350. The number of methoxy groups -OCH3 is 1. The van der Waals surface area contributed by atoms with Crippen molar-refractivity contribution in [3.63, 3.8) is 0 Å². The van der Waals surface area contributed by atoms with Crippen molar-refractivity contribution in [1.82, 2.24) is 15.1 Å². The fourth-order valence-electron chi connectivity index (χ4n) is 2.99. The summed E-state index contributed by atoms with van der Waals surface area (Å²) in [6.07, 6.45) is 0. The first kappa shape index (κ1) is 18.6. The van der Waals surface area contributed by atoms with Gasteiger partial charge in [0.2, 0.25) is 0 Å². The molecule has 1 N–H and O–H groups in total. The van der Waals surface area contributed by atoms with Crippen molar-refractivity contribution in [2.75, 3.05) is 33.3 Å². The summed E-state index contributed by atoms with van der Waals surface area (Å²) in [4.78, 5) is 4.63. The third-order valence-electron chi connectivity index (χ3n) is 4.58. The summed E-state index contributed by atoms with van der Waals surface area (Å²) in [5.74, 6) is 0.667. The van der Waals surface area contributed by atoms with E-state index in [1.54, 1.807) is 19.2 Å². The Labute approximate surface area is 159 Å². The highest BCUT2D eigenvalue weighted by Crippen LogP contribution is 2.14. The predicted octanol–water partition coefficient (Wildman–Crippen LogP) is 3.03. The molecule has 0 saturated carbocycles. The average Bonchev–Trinajstić information content (AvgIpc) is 2.68. The second kappa shape index (κ2) is 8.96. The normalized spacial score (nSPS) is 14.9. The number of rotatable bonds is 5. The Morgan fingerprint density at radius 2 is 1.62 bits per heavy atom. The highest BCUT2D eigenvalue weighted by molar-refractivity contribution is 7.80. The molecule has 2 aromatic carbocycles. The van der Waals surface area contributed by atoms with Crippen molar-refractivity contribution in [1.29, 1.82) is 0 Å². The number of hydrogen-bond donors (Lipinski definition) is 1. The van der Waals surface area contributed by atoms with Crippen LogP contribution in [-0.4, -0.2) is 48.2 Å². The van der Waals surface area contributed by atoms with Gasteiger partial charge in [-0.15, -0.1) is 0 Å². The van der Waals surface area contributed by atoms with Gasteiger partial charge in [0.15, 0.2) is 5.11 Å². The molecular weight excluding hydrogens is 349 g/mol. The van der Waals surface area contributed by atoms with E-state index in [1.165, 1.54) is 17.7 Å². The van der Waals surface area contributed by atoms with E-state index in [0.29, 0.717) is 6.54 Å². The van der Waals surface area contributed by atoms with Gasteiger partial charge in [-0.1, -0.05) is 24.3 Å². The Hall–Kier alpha value is -2.18. The fourth-order valence-corrected chi connectivity index (χ4v) is 3.24. The number of nitrogens with zero attached hydrogens (tertiary/aromatic N) is 2. The number of ether oxygens (including phenoxy) is 1. The zero-order valence-electron chi connectivity index (χ0n) is 15.0. The molecule has 0 bridgehead atoms. The van der Waals surface area contributed by atoms with Gasteiger partial charge in [0.25, 0.3) is 0 Å². The molecule has 1 aliphatic rings. The van der Waals surface area contributed by atoms with Gasteiger partial charge < -0.3 is 15.0 Å². The van der Waals surface area contributed by atoms with Crippen LogP contribution in [0.15, 0.2) is 48.5 Å². The molecule has 1 fully saturated rings. The minimum absolute atomic E-state index is 0.218. The van der Waals surface area contributed by atoms with Crippen LogP contribution in [0.1, 0.15) is 11.1 Å². The van der Waals surface area contributed by atoms with E-state index in [0.717, 1.165) is 49.1 Å². The highest BCUT2D eigenvalue weighted by atomic mass is 32.1. The first-order valence-electron chi connectivity index (χ1n) is 8.76. The smallest absolute Gasteiger partial charge is 0.169 e. The van der Waals surface area contributed by atoms with Crippen LogP contribution in [0.4, 0.5) is 4.39 Å². The number of nitrogens with one attached hydrogen (secondary N) is 1. The van der Waals surface area contributed by atoms with E-state index in [9.17, 15) is 4.39 Å². The van der Waals surface area contributed by atoms with Gasteiger partial charge in [0.1, 0.15) is 11.6 Å². The molecule has 3 rings (SSSR count). The number of hydrogen-bond acceptors (Lipinski definition) is 3. The van der Waals surface area contributed by atoms with Crippen LogP contribution < -0.4 is 10.1 Å². The number of benzene rings is 2. The molecule has 0 unspecified atom stereocenters. The third-order valence-corrected chi connectivity index (χ3v) is 4.98. The molecule has 26 heavy (non-hydrogen) atoms. The largest absolute Gasteiger partial charge is 0.497 e. The van der Waals surface area contributed by atoms with Crippen molar-refractivity contribution in [2.45, 2.75) is 13.1 Å². The Morgan fingerprint density at radius 3 is 2.23 bits per heavy atom. The summed E-state index contributed by atoms with van der Waals surface area (Å²) in [5.41, 5.74) is 2.31. The van der Waals surface area contributed by atoms with Gasteiger partial charge in [-0.2, -0.15) is 0 Å². The van der Waals surface area contributed by atoms with Gasteiger partial charge in [-0.25, -0.2) is 4.39 Å². The van der Waals surface area contributed by atoms with Crippen molar-refractivity contribution in [3.8, 4) is 5.75 Å². The van der Waals surface area contributed by atoms with Crippen LogP contribution >= 0.6 is 12.2 Å².